The molecule has 0 unspecified atom stereocenters. The monoisotopic (exact) mass is 343 g/mol. The van der Waals surface area contributed by atoms with E-state index in [4.69, 9.17) is 0 Å². The van der Waals surface area contributed by atoms with E-state index >= 15 is 0 Å². The zero-order valence-electron chi connectivity index (χ0n) is 13.6. The number of rotatable bonds is 6. The third-order valence-corrected chi connectivity index (χ3v) is 4.57. The van der Waals surface area contributed by atoms with Gasteiger partial charge in [0.15, 0.2) is 0 Å². The zero-order chi connectivity index (χ0) is 16.9. The SMILES string of the molecule is C[C@H](Cn1ccnc1)NC(=O)N1CCCC[C@@H]1CNS(C)(=O)=O. The first kappa shape index (κ1) is 17.7. The number of likely N-dealkylation sites (tertiary alicyclic amines) is 1. The predicted octanol–water partition coefficient (Wildman–Crippen LogP) is 0.385. The molecule has 0 bridgehead atoms. The van der Waals surface area contributed by atoms with Gasteiger partial charge in [0, 0.05) is 44.1 Å². The number of carbonyl (C=O) groups is 1. The maximum atomic E-state index is 12.5. The molecule has 9 heteroatoms. The lowest BCUT2D eigenvalue weighted by Gasteiger charge is -2.36. The second kappa shape index (κ2) is 7.78. The quantitative estimate of drug-likeness (QED) is 0.781. The molecule has 0 saturated carbocycles. The Morgan fingerprint density at radius 2 is 2.22 bits per heavy atom. The molecule has 0 spiro atoms. The molecule has 2 rings (SSSR count). The molecule has 2 heterocycles. The first-order valence-corrected chi connectivity index (χ1v) is 9.72. The van der Waals surface area contributed by atoms with Crippen molar-refractivity contribution in [1.29, 1.82) is 0 Å². The number of hydrogen-bond donors (Lipinski definition) is 2. The smallest absolute Gasteiger partial charge is 0.317 e. The van der Waals surface area contributed by atoms with Crippen molar-refractivity contribution in [3.8, 4) is 0 Å². The van der Waals surface area contributed by atoms with E-state index in [0.717, 1.165) is 25.5 Å². The molecule has 0 aliphatic carbocycles. The molecule has 130 valence electrons. The highest BCUT2D eigenvalue weighted by molar-refractivity contribution is 7.88. The van der Waals surface area contributed by atoms with Crippen LogP contribution in [0.3, 0.4) is 0 Å². The predicted molar refractivity (Wildman–Crippen MR) is 87.4 cm³/mol. The molecule has 23 heavy (non-hydrogen) atoms. The highest BCUT2D eigenvalue weighted by atomic mass is 32.2. The van der Waals surface area contributed by atoms with Crippen LogP contribution in [0.15, 0.2) is 18.7 Å². The van der Waals surface area contributed by atoms with Crippen LogP contribution in [0.4, 0.5) is 4.79 Å². The van der Waals surface area contributed by atoms with E-state index in [1.807, 2.05) is 17.7 Å². The van der Waals surface area contributed by atoms with Gasteiger partial charge in [0.05, 0.1) is 12.6 Å². The lowest BCUT2D eigenvalue weighted by Crippen LogP contribution is -2.54. The summed E-state index contributed by atoms with van der Waals surface area (Å²) < 4.78 is 26.9. The van der Waals surface area contributed by atoms with Crippen LogP contribution in [0.25, 0.3) is 0 Å². The Morgan fingerprint density at radius 1 is 1.43 bits per heavy atom. The number of hydrogen-bond acceptors (Lipinski definition) is 4. The highest BCUT2D eigenvalue weighted by Crippen LogP contribution is 2.17. The molecule has 1 saturated heterocycles. The molecule has 1 aromatic heterocycles. The van der Waals surface area contributed by atoms with Crippen LogP contribution in [0.2, 0.25) is 0 Å². The first-order valence-electron chi connectivity index (χ1n) is 7.82. The van der Waals surface area contributed by atoms with Gasteiger partial charge >= 0.3 is 6.03 Å². The van der Waals surface area contributed by atoms with Gasteiger partial charge in [0.2, 0.25) is 10.0 Å². The molecule has 1 aliphatic rings. The Morgan fingerprint density at radius 3 is 2.87 bits per heavy atom. The van der Waals surface area contributed by atoms with Gasteiger partial charge in [-0.1, -0.05) is 0 Å². The van der Waals surface area contributed by atoms with Crippen LogP contribution in [-0.4, -0.2) is 60.3 Å². The van der Waals surface area contributed by atoms with Gasteiger partial charge in [-0.05, 0) is 26.2 Å². The Balaban J connectivity index is 1.89. The second-order valence-electron chi connectivity index (χ2n) is 6.07. The summed E-state index contributed by atoms with van der Waals surface area (Å²) in [6, 6.07) is -0.279. The maximum Gasteiger partial charge on any atom is 0.317 e. The minimum absolute atomic E-state index is 0.0397. The van der Waals surface area contributed by atoms with E-state index < -0.39 is 10.0 Å². The first-order chi connectivity index (χ1) is 10.8. The molecular weight excluding hydrogens is 318 g/mol. The zero-order valence-corrected chi connectivity index (χ0v) is 14.4. The van der Waals surface area contributed by atoms with Crippen LogP contribution in [0, 0.1) is 0 Å². The van der Waals surface area contributed by atoms with Gasteiger partial charge in [-0.3, -0.25) is 0 Å². The van der Waals surface area contributed by atoms with E-state index in [9.17, 15) is 13.2 Å². The van der Waals surface area contributed by atoms with E-state index in [1.165, 1.54) is 0 Å². The number of urea groups is 1. The standard InChI is InChI=1S/C14H25N5O3S/c1-12(10-18-8-6-15-11-18)17-14(20)19-7-4-3-5-13(19)9-16-23(2,21)22/h6,8,11-13,16H,3-5,7,9-10H2,1-2H3,(H,17,20)/t12-,13-/m1/s1. The van der Waals surface area contributed by atoms with Crippen LogP contribution >= 0.6 is 0 Å². The number of nitrogens with zero attached hydrogens (tertiary/aromatic N) is 3. The largest absolute Gasteiger partial charge is 0.335 e. The van der Waals surface area contributed by atoms with Crippen molar-refractivity contribution in [3.05, 3.63) is 18.7 Å². The average molecular weight is 343 g/mol. The molecule has 2 amide bonds. The number of aromatic nitrogens is 2. The fourth-order valence-electron chi connectivity index (χ4n) is 2.78. The Hall–Kier alpha value is -1.61. The average Bonchev–Trinajstić information content (AvgIpc) is 2.97. The van der Waals surface area contributed by atoms with Crippen molar-refractivity contribution in [2.45, 2.75) is 44.8 Å². The molecule has 1 fully saturated rings. The number of nitrogens with one attached hydrogen (secondary N) is 2. The highest BCUT2D eigenvalue weighted by Gasteiger charge is 2.27. The van der Waals surface area contributed by atoms with Crippen molar-refractivity contribution >= 4 is 16.1 Å². The van der Waals surface area contributed by atoms with E-state index in [2.05, 4.69) is 15.0 Å². The number of piperidine rings is 1. The summed E-state index contributed by atoms with van der Waals surface area (Å²) >= 11 is 0. The summed E-state index contributed by atoms with van der Waals surface area (Å²) in [4.78, 5) is 18.2. The van der Waals surface area contributed by atoms with E-state index in [0.29, 0.717) is 13.1 Å². The molecule has 0 radical (unpaired) electrons. The summed E-state index contributed by atoms with van der Waals surface area (Å²) in [5.74, 6) is 0. The van der Waals surface area contributed by atoms with E-state index in [1.54, 1.807) is 17.4 Å². The number of imidazole rings is 1. The summed E-state index contributed by atoms with van der Waals surface area (Å²) in [5, 5.41) is 2.98. The van der Waals surface area contributed by atoms with Gasteiger partial charge in [0.25, 0.3) is 0 Å². The van der Waals surface area contributed by atoms with Crippen LogP contribution in [-0.2, 0) is 16.6 Å². The number of amides is 2. The second-order valence-corrected chi connectivity index (χ2v) is 7.91. The molecule has 2 atom stereocenters. The molecule has 2 N–H and O–H groups in total. The number of carbonyl (C=O) groups excluding carboxylic acids is 1. The van der Waals surface area contributed by atoms with Gasteiger partial charge in [-0.25, -0.2) is 22.9 Å². The molecule has 0 aromatic carbocycles. The fourth-order valence-corrected chi connectivity index (χ4v) is 3.27. The summed E-state index contributed by atoms with van der Waals surface area (Å²) in [5.41, 5.74) is 0. The van der Waals surface area contributed by atoms with Gasteiger partial charge < -0.3 is 14.8 Å². The molecule has 1 aromatic rings. The summed E-state index contributed by atoms with van der Waals surface area (Å²) in [6.07, 6.45) is 9.15. The lowest BCUT2D eigenvalue weighted by molar-refractivity contribution is 0.149. The van der Waals surface area contributed by atoms with Gasteiger partial charge in [-0.2, -0.15) is 0 Å². The van der Waals surface area contributed by atoms with Crippen molar-refractivity contribution in [3.63, 3.8) is 0 Å². The van der Waals surface area contributed by atoms with Crippen LogP contribution in [0.1, 0.15) is 26.2 Å². The van der Waals surface area contributed by atoms with Crippen molar-refractivity contribution in [2.75, 3.05) is 19.3 Å². The van der Waals surface area contributed by atoms with Crippen molar-refractivity contribution in [2.24, 2.45) is 0 Å². The minimum Gasteiger partial charge on any atom is -0.335 e. The lowest BCUT2D eigenvalue weighted by atomic mass is 10.0. The van der Waals surface area contributed by atoms with E-state index in [-0.39, 0.29) is 24.7 Å². The van der Waals surface area contributed by atoms with Gasteiger partial charge in [0.1, 0.15) is 0 Å². The Kier molecular flexibility index (Phi) is 6.00. The maximum absolute atomic E-state index is 12.5. The number of sulfonamides is 1. The third-order valence-electron chi connectivity index (χ3n) is 3.88. The Labute approximate surface area is 137 Å². The van der Waals surface area contributed by atoms with Crippen molar-refractivity contribution in [1.82, 2.24) is 24.5 Å². The van der Waals surface area contributed by atoms with Crippen molar-refractivity contribution < 1.29 is 13.2 Å². The summed E-state index contributed by atoms with van der Waals surface area (Å²) in [6.45, 7) is 3.50. The van der Waals surface area contributed by atoms with Crippen LogP contribution in [0.5, 0.6) is 0 Å². The third kappa shape index (κ3) is 5.83. The molecule has 8 nitrogen and oxygen atoms in total. The fraction of sp³-hybridized carbons (Fsp3) is 0.714. The normalized spacial score (nSPS) is 20.3. The molecule has 1 aliphatic heterocycles. The van der Waals surface area contributed by atoms with Gasteiger partial charge in [-0.15, -0.1) is 0 Å². The summed E-state index contributed by atoms with van der Waals surface area (Å²) in [7, 11) is -3.25. The minimum atomic E-state index is -3.25. The van der Waals surface area contributed by atoms with Crippen LogP contribution < -0.4 is 10.0 Å². The Bertz CT molecular complexity index is 602. The molecular formula is C14H25N5O3S. The topological polar surface area (TPSA) is 96.3 Å².